The van der Waals surface area contributed by atoms with E-state index in [-0.39, 0.29) is 12.5 Å². The van der Waals surface area contributed by atoms with Gasteiger partial charge in [0.1, 0.15) is 5.75 Å². The van der Waals surface area contributed by atoms with Crippen molar-refractivity contribution < 1.29 is 28.9 Å². The number of methoxy groups -OCH3 is 1. The van der Waals surface area contributed by atoms with Crippen LogP contribution in [0.25, 0.3) is 0 Å². The van der Waals surface area contributed by atoms with E-state index in [0.29, 0.717) is 22.9 Å². The molecule has 0 aliphatic heterocycles. The molecule has 0 aliphatic carbocycles. The Balaban J connectivity index is 1.84. The van der Waals surface area contributed by atoms with Gasteiger partial charge in [-0.3, -0.25) is 4.79 Å². The number of hydrogen-bond acceptors (Lipinski definition) is 5. The van der Waals surface area contributed by atoms with Gasteiger partial charge in [0.2, 0.25) is 0 Å². The molecule has 0 atom stereocenters. The third-order valence-corrected chi connectivity index (χ3v) is 2.93. The van der Waals surface area contributed by atoms with E-state index in [1.54, 1.807) is 48.5 Å². The average molecular weight is 331 g/mol. The number of aliphatic carboxylic acids is 1. The molecular weight excluding hydrogens is 314 g/mol. The Hall–Kier alpha value is -3.22. The fourth-order valence-electron chi connectivity index (χ4n) is 1.86. The van der Waals surface area contributed by atoms with Crippen LogP contribution in [0.4, 0.5) is 5.69 Å². The van der Waals surface area contributed by atoms with E-state index in [4.69, 9.17) is 19.3 Å². The second-order valence-electron chi connectivity index (χ2n) is 4.69. The number of amides is 1. The van der Waals surface area contributed by atoms with Crippen molar-refractivity contribution in [1.82, 2.24) is 0 Å². The minimum atomic E-state index is -1.05. The maximum Gasteiger partial charge on any atom is 0.341 e. The zero-order valence-electron chi connectivity index (χ0n) is 13.0. The third kappa shape index (κ3) is 5.20. The Kier molecular flexibility index (Phi) is 6.01. The van der Waals surface area contributed by atoms with Crippen molar-refractivity contribution in [1.29, 1.82) is 0 Å². The summed E-state index contributed by atoms with van der Waals surface area (Å²) in [5.74, 6) is 0.0412. The molecule has 2 aromatic carbocycles. The first kappa shape index (κ1) is 17.1. The van der Waals surface area contributed by atoms with Crippen LogP contribution in [0, 0.1) is 0 Å². The van der Waals surface area contributed by atoms with E-state index < -0.39 is 12.6 Å². The Labute approximate surface area is 138 Å². The van der Waals surface area contributed by atoms with E-state index >= 15 is 0 Å². The fraction of sp³-hybridized carbons (Fsp3) is 0.176. The summed E-state index contributed by atoms with van der Waals surface area (Å²) in [5.41, 5.74) is 0.548. The number of carboxylic acids is 1. The van der Waals surface area contributed by atoms with Gasteiger partial charge in [0, 0.05) is 5.69 Å². The Bertz CT molecular complexity index is 698. The van der Waals surface area contributed by atoms with Crippen LogP contribution in [0.15, 0.2) is 48.5 Å². The molecule has 126 valence electrons. The molecule has 2 rings (SSSR count). The van der Waals surface area contributed by atoms with E-state index in [1.165, 1.54) is 7.11 Å². The molecule has 2 N–H and O–H groups in total. The van der Waals surface area contributed by atoms with Crippen LogP contribution in [0.1, 0.15) is 0 Å². The van der Waals surface area contributed by atoms with Gasteiger partial charge in [-0.1, -0.05) is 12.1 Å². The molecule has 0 fully saturated rings. The largest absolute Gasteiger partial charge is 0.493 e. The maximum atomic E-state index is 11.9. The molecule has 0 radical (unpaired) electrons. The van der Waals surface area contributed by atoms with Crippen molar-refractivity contribution in [3.63, 3.8) is 0 Å². The van der Waals surface area contributed by atoms with Crippen molar-refractivity contribution in [2.45, 2.75) is 0 Å². The summed E-state index contributed by atoms with van der Waals surface area (Å²) < 4.78 is 15.6. The number of carbonyl (C=O) groups excluding carboxylic acids is 1. The van der Waals surface area contributed by atoms with Crippen molar-refractivity contribution >= 4 is 17.6 Å². The first-order valence-corrected chi connectivity index (χ1v) is 7.09. The van der Waals surface area contributed by atoms with E-state index in [0.717, 1.165) is 0 Å². The van der Waals surface area contributed by atoms with Gasteiger partial charge < -0.3 is 24.6 Å². The summed E-state index contributed by atoms with van der Waals surface area (Å²) in [5, 5.41) is 11.2. The predicted molar refractivity (Wildman–Crippen MR) is 86.7 cm³/mol. The smallest absolute Gasteiger partial charge is 0.341 e. The number of para-hydroxylation sites is 2. The SMILES string of the molecule is COc1ccccc1OCC(=O)Nc1ccc(OCC(=O)O)cc1. The number of carboxylic acid groups (broad SMARTS) is 1. The van der Waals surface area contributed by atoms with Crippen LogP contribution in [0.3, 0.4) is 0 Å². The Morgan fingerprint density at radius 2 is 1.62 bits per heavy atom. The van der Waals surface area contributed by atoms with Gasteiger partial charge in [0.25, 0.3) is 5.91 Å². The topological polar surface area (TPSA) is 94.1 Å². The van der Waals surface area contributed by atoms with E-state index in [2.05, 4.69) is 5.32 Å². The summed E-state index contributed by atoms with van der Waals surface area (Å²) >= 11 is 0. The lowest BCUT2D eigenvalue weighted by atomic mass is 10.3. The molecule has 0 heterocycles. The highest BCUT2D eigenvalue weighted by Crippen LogP contribution is 2.25. The van der Waals surface area contributed by atoms with Crippen molar-refractivity contribution in [3.05, 3.63) is 48.5 Å². The summed E-state index contributed by atoms with van der Waals surface area (Å²) in [6, 6.07) is 13.4. The van der Waals surface area contributed by atoms with Crippen LogP contribution < -0.4 is 19.5 Å². The summed E-state index contributed by atoms with van der Waals surface area (Å²) in [6.07, 6.45) is 0. The number of nitrogens with one attached hydrogen (secondary N) is 1. The minimum absolute atomic E-state index is 0.169. The number of benzene rings is 2. The van der Waals surface area contributed by atoms with Gasteiger partial charge in [0.15, 0.2) is 24.7 Å². The first-order valence-electron chi connectivity index (χ1n) is 7.09. The number of anilines is 1. The van der Waals surface area contributed by atoms with E-state index in [1.807, 2.05) is 0 Å². The molecule has 0 aromatic heterocycles. The second kappa shape index (κ2) is 8.42. The minimum Gasteiger partial charge on any atom is -0.493 e. The monoisotopic (exact) mass is 331 g/mol. The highest BCUT2D eigenvalue weighted by Gasteiger charge is 2.07. The molecular formula is C17H17NO6. The lowest BCUT2D eigenvalue weighted by Gasteiger charge is -2.11. The molecule has 7 heteroatoms. The van der Waals surface area contributed by atoms with Crippen molar-refractivity contribution in [3.8, 4) is 17.2 Å². The van der Waals surface area contributed by atoms with Gasteiger partial charge in [-0.25, -0.2) is 4.79 Å². The molecule has 2 aromatic rings. The highest BCUT2D eigenvalue weighted by atomic mass is 16.5. The van der Waals surface area contributed by atoms with Crippen molar-refractivity contribution in [2.24, 2.45) is 0 Å². The number of carbonyl (C=O) groups is 2. The van der Waals surface area contributed by atoms with Crippen molar-refractivity contribution in [2.75, 3.05) is 25.6 Å². The van der Waals surface area contributed by atoms with Gasteiger partial charge in [-0.2, -0.15) is 0 Å². The summed E-state index contributed by atoms with van der Waals surface area (Å²) in [7, 11) is 1.52. The zero-order chi connectivity index (χ0) is 17.4. The van der Waals surface area contributed by atoms with Crippen LogP contribution in [0.5, 0.6) is 17.2 Å². The van der Waals surface area contributed by atoms with Crippen LogP contribution in [-0.4, -0.2) is 37.3 Å². The van der Waals surface area contributed by atoms with Crippen LogP contribution in [-0.2, 0) is 9.59 Å². The van der Waals surface area contributed by atoms with E-state index in [9.17, 15) is 9.59 Å². The number of rotatable bonds is 8. The van der Waals surface area contributed by atoms with Gasteiger partial charge in [-0.05, 0) is 36.4 Å². The predicted octanol–water partition coefficient (Wildman–Crippen LogP) is 2.18. The van der Waals surface area contributed by atoms with Crippen LogP contribution >= 0.6 is 0 Å². The molecule has 7 nitrogen and oxygen atoms in total. The molecule has 1 amide bonds. The molecule has 0 aliphatic rings. The van der Waals surface area contributed by atoms with Gasteiger partial charge in [-0.15, -0.1) is 0 Å². The second-order valence-corrected chi connectivity index (χ2v) is 4.69. The van der Waals surface area contributed by atoms with Crippen LogP contribution in [0.2, 0.25) is 0 Å². The average Bonchev–Trinajstić information content (AvgIpc) is 2.59. The Morgan fingerprint density at radius 3 is 2.25 bits per heavy atom. The lowest BCUT2D eigenvalue weighted by Crippen LogP contribution is -2.20. The molecule has 0 unspecified atom stereocenters. The third-order valence-electron chi connectivity index (χ3n) is 2.93. The fourth-order valence-corrected chi connectivity index (χ4v) is 1.86. The molecule has 0 bridgehead atoms. The molecule has 24 heavy (non-hydrogen) atoms. The normalized spacial score (nSPS) is 9.88. The molecule has 0 spiro atoms. The molecule has 0 saturated heterocycles. The first-order chi connectivity index (χ1) is 11.6. The Morgan fingerprint density at radius 1 is 0.958 bits per heavy atom. The van der Waals surface area contributed by atoms with Gasteiger partial charge >= 0.3 is 5.97 Å². The number of hydrogen-bond donors (Lipinski definition) is 2. The highest BCUT2D eigenvalue weighted by molar-refractivity contribution is 5.91. The lowest BCUT2D eigenvalue weighted by molar-refractivity contribution is -0.139. The van der Waals surface area contributed by atoms with Gasteiger partial charge in [0.05, 0.1) is 7.11 Å². The zero-order valence-corrected chi connectivity index (χ0v) is 13.0. The standard InChI is InChI=1S/C17H17NO6/c1-22-14-4-2-3-5-15(14)24-10-16(19)18-12-6-8-13(9-7-12)23-11-17(20)21/h2-9H,10-11H2,1H3,(H,18,19)(H,20,21). The molecule has 0 saturated carbocycles. The maximum absolute atomic E-state index is 11.9. The summed E-state index contributed by atoms with van der Waals surface area (Å²) in [4.78, 5) is 22.3. The quantitative estimate of drug-likeness (QED) is 0.770. The number of ether oxygens (including phenoxy) is 3. The summed E-state index contributed by atoms with van der Waals surface area (Å²) in [6.45, 7) is -0.587.